The van der Waals surface area contributed by atoms with E-state index in [0.29, 0.717) is 11.3 Å². The molecule has 128 valence electrons. The van der Waals surface area contributed by atoms with Crippen LogP contribution >= 0.6 is 0 Å². The van der Waals surface area contributed by atoms with Gasteiger partial charge in [0.15, 0.2) is 6.10 Å². The first-order valence-electron chi connectivity index (χ1n) is 7.43. The molecule has 3 nitrogen and oxygen atoms in total. The molecule has 0 aliphatic carbocycles. The Balaban J connectivity index is 1.93. The van der Waals surface area contributed by atoms with Gasteiger partial charge in [-0.25, -0.2) is 0 Å². The van der Waals surface area contributed by atoms with Crippen molar-refractivity contribution in [2.24, 2.45) is 0 Å². The minimum absolute atomic E-state index is 0.00424. The molecule has 0 spiro atoms. The topological polar surface area (TPSA) is 38.3 Å². The average molecular weight is 337 g/mol. The molecule has 2 rings (SSSR count). The normalized spacial score (nSPS) is 12.5. The first-order chi connectivity index (χ1) is 11.3. The summed E-state index contributed by atoms with van der Waals surface area (Å²) in [6.07, 6.45) is -5.15. The van der Waals surface area contributed by atoms with E-state index in [-0.39, 0.29) is 6.54 Å². The van der Waals surface area contributed by atoms with E-state index < -0.39 is 23.8 Å². The van der Waals surface area contributed by atoms with Crippen LogP contribution in [0.25, 0.3) is 0 Å². The number of ether oxygens (including phenoxy) is 1. The molecule has 0 bridgehead atoms. The Labute approximate surface area is 138 Å². The quantitative estimate of drug-likeness (QED) is 0.892. The first kappa shape index (κ1) is 17.8. The van der Waals surface area contributed by atoms with E-state index in [1.54, 1.807) is 19.1 Å². The molecule has 0 aliphatic rings. The summed E-state index contributed by atoms with van der Waals surface area (Å²) in [5.41, 5.74) is 0.642. The summed E-state index contributed by atoms with van der Waals surface area (Å²) < 4.78 is 43.5. The Kier molecular flexibility index (Phi) is 5.49. The fourth-order valence-electron chi connectivity index (χ4n) is 2.14. The Morgan fingerprint density at radius 1 is 1.17 bits per heavy atom. The molecule has 0 saturated carbocycles. The third-order valence-corrected chi connectivity index (χ3v) is 3.39. The lowest BCUT2D eigenvalue weighted by Crippen LogP contribution is -2.35. The standard InChI is InChI=1S/C18H18F3NO2/c1-12-5-3-8-16(9-12)24-13(2)17(23)22-11-14-6-4-7-15(10-14)18(19,20)21/h3-10,13H,11H2,1-2H3,(H,22,23). The predicted octanol–water partition coefficient (Wildman–Crippen LogP) is 4.10. The maximum Gasteiger partial charge on any atom is 0.416 e. The molecule has 0 radical (unpaired) electrons. The van der Waals surface area contributed by atoms with Gasteiger partial charge >= 0.3 is 6.18 Å². The third kappa shape index (κ3) is 5.01. The van der Waals surface area contributed by atoms with Gasteiger partial charge in [0.1, 0.15) is 5.75 Å². The minimum Gasteiger partial charge on any atom is -0.481 e. The molecule has 0 aromatic heterocycles. The van der Waals surface area contributed by atoms with Crippen molar-refractivity contribution >= 4 is 5.91 Å². The number of amides is 1. The molecule has 1 N–H and O–H groups in total. The van der Waals surface area contributed by atoms with Crippen molar-refractivity contribution < 1.29 is 22.7 Å². The molecule has 0 saturated heterocycles. The van der Waals surface area contributed by atoms with E-state index in [4.69, 9.17) is 4.74 Å². The van der Waals surface area contributed by atoms with Crippen molar-refractivity contribution in [2.75, 3.05) is 0 Å². The van der Waals surface area contributed by atoms with Crippen LogP contribution in [0.3, 0.4) is 0 Å². The molecule has 0 heterocycles. The lowest BCUT2D eigenvalue weighted by Gasteiger charge is -2.15. The Bertz CT molecular complexity index is 713. The van der Waals surface area contributed by atoms with E-state index in [9.17, 15) is 18.0 Å². The maximum absolute atomic E-state index is 12.7. The Hall–Kier alpha value is -2.50. The van der Waals surface area contributed by atoms with Crippen molar-refractivity contribution in [3.63, 3.8) is 0 Å². The van der Waals surface area contributed by atoms with Crippen LogP contribution in [0.5, 0.6) is 5.75 Å². The van der Waals surface area contributed by atoms with Crippen molar-refractivity contribution in [1.29, 1.82) is 0 Å². The number of carbonyl (C=O) groups is 1. The third-order valence-electron chi connectivity index (χ3n) is 3.39. The summed E-state index contributed by atoms with van der Waals surface area (Å²) in [4.78, 5) is 12.0. The van der Waals surface area contributed by atoms with Crippen molar-refractivity contribution in [2.45, 2.75) is 32.7 Å². The van der Waals surface area contributed by atoms with E-state index in [2.05, 4.69) is 5.32 Å². The fourth-order valence-corrected chi connectivity index (χ4v) is 2.14. The molecule has 1 amide bonds. The van der Waals surface area contributed by atoms with Crippen molar-refractivity contribution in [3.8, 4) is 5.75 Å². The smallest absolute Gasteiger partial charge is 0.416 e. The van der Waals surface area contributed by atoms with Crippen LogP contribution in [0, 0.1) is 6.92 Å². The molecule has 1 unspecified atom stereocenters. The largest absolute Gasteiger partial charge is 0.481 e. The summed E-state index contributed by atoms with van der Waals surface area (Å²) in [5, 5.41) is 2.58. The molecule has 2 aromatic rings. The summed E-state index contributed by atoms with van der Waals surface area (Å²) in [6.45, 7) is 3.50. The zero-order valence-corrected chi connectivity index (χ0v) is 13.4. The highest BCUT2D eigenvalue weighted by atomic mass is 19.4. The van der Waals surface area contributed by atoms with Gasteiger partial charge in [-0.1, -0.05) is 24.3 Å². The number of rotatable bonds is 5. The van der Waals surface area contributed by atoms with Crippen LogP contribution in [0.15, 0.2) is 48.5 Å². The average Bonchev–Trinajstić information content (AvgIpc) is 2.52. The van der Waals surface area contributed by atoms with Gasteiger partial charge in [0, 0.05) is 6.54 Å². The van der Waals surface area contributed by atoms with Crippen molar-refractivity contribution in [3.05, 3.63) is 65.2 Å². The summed E-state index contributed by atoms with van der Waals surface area (Å²) in [6, 6.07) is 12.1. The molecule has 0 aliphatic heterocycles. The zero-order chi connectivity index (χ0) is 17.7. The lowest BCUT2D eigenvalue weighted by atomic mass is 10.1. The second-order valence-electron chi connectivity index (χ2n) is 5.49. The highest BCUT2D eigenvalue weighted by Gasteiger charge is 2.30. The van der Waals surface area contributed by atoms with Crippen LogP contribution in [-0.2, 0) is 17.5 Å². The second-order valence-corrected chi connectivity index (χ2v) is 5.49. The van der Waals surface area contributed by atoms with E-state index >= 15 is 0 Å². The van der Waals surface area contributed by atoms with Gasteiger partial charge in [0.05, 0.1) is 5.56 Å². The second kappa shape index (κ2) is 7.38. The van der Waals surface area contributed by atoms with Crippen molar-refractivity contribution in [1.82, 2.24) is 5.32 Å². The predicted molar refractivity (Wildman–Crippen MR) is 84.6 cm³/mol. The monoisotopic (exact) mass is 337 g/mol. The van der Waals surface area contributed by atoms with Crippen LogP contribution < -0.4 is 10.1 Å². The van der Waals surface area contributed by atoms with E-state index in [1.165, 1.54) is 12.1 Å². The highest BCUT2D eigenvalue weighted by molar-refractivity contribution is 5.80. The highest BCUT2D eigenvalue weighted by Crippen LogP contribution is 2.29. The molecular formula is C18H18F3NO2. The number of benzene rings is 2. The Morgan fingerprint density at radius 2 is 1.88 bits per heavy atom. The Morgan fingerprint density at radius 3 is 2.54 bits per heavy atom. The maximum atomic E-state index is 12.7. The molecular weight excluding hydrogens is 319 g/mol. The number of hydrogen-bond donors (Lipinski definition) is 1. The fraction of sp³-hybridized carbons (Fsp3) is 0.278. The minimum atomic E-state index is -4.40. The summed E-state index contributed by atoms with van der Waals surface area (Å²) in [7, 11) is 0. The molecule has 1 atom stereocenters. The molecule has 24 heavy (non-hydrogen) atoms. The molecule has 6 heteroatoms. The van der Waals surface area contributed by atoms with E-state index in [0.717, 1.165) is 17.7 Å². The first-order valence-corrected chi connectivity index (χ1v) is 7.43. The van der Waals surface area contributed by atoms with Gasteiger partial charge < -0.3 is 10.1 Å². The van der Waals surface area contributed by atoms with E-state index in [1.807, 2.05) is 19.1 Å². The number of halogens is 3. The molecule has 0 fully saturated rings. The van der Waals surface area contributed by atoms with Gasteiger partial charge in [0.2, 0.25) is 0 Å². The lowest BCUT2D eigenvalue weighted by molar-refractivity contribution is -0.137. The summed E-state index contributed by atoms with van der Waals surface area (Å²) in [5.74, 6) is 0.172. The number of carbonyl (C=O) groups excluding carboxylic acids is 1. The van der Waals surface area contributed by atoms with Crippen LogP contribution in [0.1, 0.15) is 23.6 Å². The number of aryl methyl sites for hydroxylation is 1. The summed E-state index contributed by atoms with van der Waals surface area (Å²) >= 11 is 0. The van der Waals surface area contributed by atoms with Crippen LogP contribution in [0.4, 0.5) is 13.2 Å². The SMILES string of the molecule is Cc1cccc(OC(C)C(=O)NCc2cccc(C(F)(F)F)c2)c1. The van der Waals surface area contributed by atoms with Gasteiger partial charge in [-0.05, 0) is 49.2 Å². The number of nitrogens with one attached hydrogen (secondary N) is 1. The zero-order valence-electron chi connectivity index (χ0n) is 13.4. The van der Waals surface area contributed by atoms with Gasteiger partial charge in [-0.2, -0.15) is 13.2 Å². The van der Waals surface area contributed by atoms with Gasteiger partial charge in [0.25, 0.3) is 5.91 Å². The number of alkyl halides is 3. The molecule has 2 aromatic carbocycles. The van der Waals surface area contributed by atoms with Gasteiger partial charge in [-0.15, -0.1) is 0 Å². The van der Waals surface area contributed by atoms with Crippen LogP contribution in [0.2, 0.25) is 0 Å². The van der Waals surface area contributed by atoms with Crippen LogP contribution in [-0.4, -0.2) is 12.0 Å². The van der Waals surface area contributed by atoms with Gasteiger partial charge in [-0.3, -0.25) is 4.79 Å². The number of hydrogen-bond acceptors (Lipinski definition) is 2.